The van der Waals surface area contributed by atoms with Crippen LogP contribution in [0.3, 0.4) is 0 Å². The summed E-state index contributed by atoms with van der Waals surface area (Å²) in [5, 5.41) is 12.2. The van der Waals surface area contributed by atoms with Crippen molar-refractivity contribution in [3.8, 4) is 11.5 Å². The van der Waals surface area contributed by atoms with Gasteiger partial charge < -0.3 is 14.5 Å². The van der Waals surface area contributed by atoms with Gasteiger partial charge in [-0.15, -0.1) is 0 Å². The molecule has 2 aromatic carbocycles. The number of hydrogen-bond donors (Lipinski definition) is 1. The molecule has 0 bridgehead atoms. The van der Waals surface area contributed by atoms with Crippen molar-refractivity contribution in [2.75, 3.05) is 20.8 Å². The van der Waals surface area contributed by atoms with Crippen LogP contribution >= 0.6 is 0 Å². The van der Waals surface area contributed by atoms with Crippen LogP contribution in [-0.4, -0.2) is 30.7 Å². The Morgan fingerprint density at radius 1 is 1.12 bits per heavy atom. The van der Waals surface area contributed by atoms with Crippen LogP contribution in [0.5, 0.6) is 11.5 Å². The zero-order valence-electron chi connectivity index (χ0n) is 13.5. The topological polar surface area (TPSA) is 77.4 Å². The summed E-state index contributed by atoms with van der Waals surface area (Å²) in [6.07, 6.45) is 1.84. The molecule has 24 heavy (non-hydrogen) atoms. The Balaban J connectivity index is 2.12. The van der Waals surface area contributed by atoms with E-state index in [0.717, 1.165) is 22.0 Å². The van der Waals surface area contributed by atoms with Crippen molar-refractivity contribution >= 4 is 10.9 Å². The summed E-state index contributed by atoms with van der Waals surface area (Å²) >= 11 is 0. The number of nitrogens with zero attached hydrogens (tertiary/aromatic N) is 1. The molecule has 6 heteroatoms. The highest BCUT2D eigenvalue weighted by Crippen LogP contribution is 2.35. The van der Waals surface area contributed by atoms with Crippen LogP contribution in [0.1, 0.15) is 17.0 Å². The molecular weight excluding hydrogens is 308 g/mol. The Kier molecular flexibility index (Phi) is 4.37. The second-order valence-corrected chi connectivity index (χ2v) is 5.47. The van der Waals surface area contributed by atoms with Gasteiger partial charge in [-0.25, -0.2) is 0 Å². The van der Waals surface area contributed by atoms with E-state index in [1.165, 1.54) is 0 Å². The Bertz CT molecular complexity index is 872. The Labute approximate surface area is 139 Å². The molecule has 0 saturated heterocycles. The van der Waals surface area contributed by atoms with E-state index in [-0.39, 0.29) is 17.4 Å². The number of nitro groups is 1. The maximum absolute atomic E-state index is 11.2. The van der Waals surface area contributed by atoms with Crippen LogP contribution in [0, 0.1) is 10.1 Å². The lowest BCUT2D eigenvalue weighted by atomic mass is 9.90. The van der Waals surface area contributed by atoms with Crippen LogP contribution in [-0.2, 0) is 0 Å². The predicted molar refractivity (Wildman–Crippen MR) is 91.5 cm³/mol. The van der Waals surface area contributed by atoms with Gasteiger partial charge in [-0.1, -0.05) is 24.3 Å². The smallest absolute Gasteiger partial charge is 0.214 e. The highest BCUT2D eigenvalue weighted by atomic mass is 16.6. The number of methoxy groups -OCH3 is 2. The number of para-hydroxylation sites is 1. The van der Waals surface area contributed by atoms with Crippen LogP contribution < -0.4 is 9.47 Å². The van der Waals surface area contributed by atoms with E-state index in [2.05, 4.69) is 4.98 Å². The maximum atomic E-state index is 11.2. The fraction of sp³-hybridized carbons (Fsp3) is 0.222. The lowest BCUT2D eigenvalue weighted by Crippen LogP contribution is -2.14. The standard InChI is InChI=1S/C18H18N2O4/c1-23-17-8-7-12(9-18(17)24-2)15(11-20(21)22)14-10-19-16-6-4-3-5-13(14)16/h3-10,15,19H,11H2,1-2H3/t15-/m1/s1. The van der Waals surface area contributed by atoms with Crippen LogP contribution in [0.2, 0.25) is 0 Å². The highest BCUT2D eigenvalue weighted by Gasteiger charge is 2.24. The summed E-state index contributed by atoms with van der Waals surface area (Å²) in [5.74, 6) is 0.777. The molecule has 0 aliphatic rings. The van der Waals surface area contributed by atoms with Gasteiger partial charge in [0, 0.05) is 22.0 Å². The molecule has 0 fully saturated rings. The Hall–Kier alpha value is -3.02. The van der Waals surface area contributed by atoms with Crippen molar-refractivity contribution in [1.29, 1.82) is 0 Å². The minimum atomic E-state index is -0.379. The first-order valence-corrected chi connectivity index (χ1v) is 7.53. The number of aromatic amines is 1. The number of rotatable bonds is 6. The normalized spacial score (nSPS) is 12.1. The summed E-state index contributed by atoms with van der Waals surface area (Å²) in [6.45, 7) is -0.197. The molecular formula is C18H18N2O4. The molecule has 0 aliphatic heterocycles. The second kappa shape index (κ2) is 6.62. The van der Waals surface area contributed by atoms with E-state index in [9.17, 15) is 10.1 Å². The quantitative estimate of drug-likeness (QED) is 0.554. The van der Waals surface area contributed by atoms with Crippen molar-refractivity contribution in [3.05, 3.63) is 69.9 Å². The van der Waals surface area contributed by atoms with Crippen molar-refractivity contribution < 1.29 is 14.4 Å². The third-order valence-corrected chi connectivity index (χ3v) is 4.14. The zero-order chi connectivity index (χ0) is 17.1. The molecule has 0 aliphatic carbocycles. The van der Waals surface area contributed by atoms with Crippen molar-refractivity contribution in [2.45, 2.75) is 5.92 Å². The number of benzene rings is 2. The number of aromatic nitrogens is 1. The largest absolute Gasteiger partial charge is 0.493 e. The van der Waals surface area contributed by atoms with Gasteiger partial charge in [0.15, 0.2) is 11.5 Å². The summed E-state index contributed by atoms with van der Waals surface area (Å²) in [6, 6.07) is 13.2. The third kappa shape index (κ3) is 2.90. The van der Waals surface area contributed by atoms with E-state index in [0.29, 0.717) is 11.5 Å². The van der Waals surface area contributed by atoms with E-state index in [4.69, 9.17) is 9.47 Å². The lowest BCUT2D eigenvalue weighted by molar-refractivity contribution is -0.481. The number of ether oxygens (including phenoxy) is 2. The molecule has 124 valence electrons. The molecule has 0 amide bonds. The van der Waals surface area contributed by atoms with Gasteiger partial charge >= 0.3 is 0 Å². The number of nitrogens with one attached hydrogen (secondary N) is 1. The Morgan fingerprint density at radius 2 is 1.88 bits per heavy atom. The summed E-state index contributed by atoms with van der Waals surface area (Å²) in [5.41, 5.74) is 2.67. The number of fused-ring (bicyclic) bond motifs is 1. The van der Waals surface area contributed by atoms with Gasteiger partial charge in [-0.05, 0) is 29.3 Å². The Morgan fingerprint density at radius 3 is 2.58 bits per heavy atom. The molecule has 1 N–H and O–H groups in total. The molecule has 1 atom stereocenters. The first kappa shape index (κ1) is 15.9. The summed E-state index contributed by atoms with van der Waals surface area (Å²) < 4.78 is 10.6. The van der Waals surface area contributed by atoms with Crippen LogP contribution in [0.4, 0.5) is 0 Å². The lowest BCUT2D eigenvalue weighted by Gasteiger charge is -2.15. The number of hydrogen-bond acceptors (Lipinski definition) is 4. The van der Waals surface area contributed by atoms with Gasteiger partial charge in [0.2, 0.25) is 6.54 Å². The molecule has 0 saturated carbocycles. The molecule has 0 radical (unpaired) electrons. The molecule has 6 nitrogen and oxygen atoms in total. The van der Waals surface area contributed by atoms with Gasteiger partial charge in [-0.2, -0.15) is 0 Å². The van der Waals surface area contributed by atoms with E-state index in [1.54, 1.807) is 26.4 Å². The maximum Gasteiger partial charge on any atom is 0.214 e. The zero-order valence-corrected chi connectivity index (χ0v) is 13.5. The first-order valence-electron chi connectivity index (χ1n) is 7.53. The number of H-pyrrole nitrogens is 1. The van der Waals surface area contributed by atoms with Gasteiger partial charge in [-0.3, -0.25) is 10.1 Å². The van der Waals surface area contributed by atoms with E-state index in [1.807, 2.05) is 36.5 Å². The average Bonchev–Trinajstić information content (AvgIpc) is 3.02. The van der Waals surface area contributed by atoms with Gasteiger partial charge in [0.1, 0.15) is 0 Å². The summed E-state index contributed by atoms with van der Waals surface area (Å²) in [4.78, 5) is 14.1. The fourth-order valence-corrected chi connectivity index (χ4v) is 2.98. The van der Waals surface area contributed by atoms with Crippen LogP contribution in [0.15, 0.2) is 48.7 Å². The van der Waals surface area contributed by atoms with Crippen molar-refractivity contribution in [2.24, 2.45) is 0 Å². The first-order chi connectivity index (χ1) is 11.6. The predicted octanol–water partition coefficient (Wildman–Crippen LogP) is 3.59. The monoisotopic (exact) mass is 326 g/mol. The molecule has 3 rings (SSSR count). The summed E-state index contributed by atoms with van der Waals surface area (Å²) in [7, 11) is 3.11. The molecule has 0 unspecified atom stereocenters. The van der Waals surface area contributed by atoms with E-state index < -0.39 is 0 Å². The minimum absolute atomic E-state index is 0.197. The minimum Gasteiger partial charge on any atom is -0.493 e. The van der Waals surface area contributed by atoms with Gasteiger partial charge in [0.25, 0.3) is 0 Å². The van der Waals surface area contributed by atoms with E-state index >= 15 is 0 Å². The second-order valence-electron chi connectivity index (χ2n) is 5.47. The van der Waals surface area contributed by atoms with Gasteiger partial charge in [0.05, 0.1) is 20.1 Å². The van der Waals surface area contributed by atoms with Crippen molar-refractivity contribution in [3.63, 3.8) is 0 Å². The fourth-order valence-electron chi connectivity index (χ4n) is 2.98. The molecule has 3 aromatic rings. The highest BCUT2D eigenvalue weighted by molar-refractivity contribution is 5.84. The molecule has 1 aromatic heterocycles. The molecule has 0 spiro atoms. The van der Waals surface area contributed by atoms with Crippen LogP contribution in [0.25, 0.3) is 10.9 Å². The third-order valence-electron chi connectivity index (χ3n) is 4.14. The van der Waals surface area contributed by atoms with Crippen molar-refractivity contribution in [1.82, 2.24) is 4.98 Å². The SMILES string of the molecule is COc1ccc([C@@H](C[N+](=O)[O-])c2c[nH]c3ccccc23)cc1OC. The molecule has 1 heterocycles. The average molecular weight is 326 g/mol.